The molecule has 20 heavy (non-hydrogen) atoms. The summed E-state index contributed by atoms with van der Waals surface area (Å²) in [5, 5.41) is 0. The Bertz CT molecular complexity index is 468. The molecule has 0 atom stereocenters. The van der Waals surface area contributed by atoms with E-state index in [0.29, 0.717) is 12.3 Å². The Hall–Kier alpha value is -0.870. The van der Waals surface area contributed by atoms with Gasteiger partial charge in [-0.2, -0.15) is 0 Å². The van der Waals surface area contributed by atoms with E-state index >= 15 is 0 Å². The molecule has 2 rings (SSSR count). The van der Waals surface area contributed by atoms with Gasteiger partial charge in [-0.3, -0.25) is 4.79 Å². The summed E-state index contributed by atoms with van der Waals surface area (Å²) in [6.07, 6.45) is 1.45. The summed E-state index contributed by atoms with van der Waals surface area (Å²) in [4.78, 5) is 16.7. The lowest BCUT2D eigenvalue weighted by Gasteiger charge is -2.34. The van der Waals surface area contributed by atoms with E-state index in [-0.39, 0.29) is 0 Å². The van der Waals surface area contributed by atoms with Gasteiger partial charge in [-0.15, -0.1) is 0 Å². The van der Waals surface area contributed by atoms with Gasteiger partial charge in [0.05, 0.1) is 0 Å². The van der Waals surface area contributed by atoms with Crippen molar-refractivity contribution >= 4 is 21.8 Å². The number of carbonyl (C=O) groups excluding carboxylic acids is 1. The van der Waals surface area contributed by atoms with E-state index in [1.54, 1.807) is 0 Å². The number of hydrogen-bond acceptors (Lipinski definition) is 2. The molecule has 0 N–H and O–H groups in total. The second kappa shape index (κ2) is 7.23. The molecule has 1 aromatic rings. The highest BCUT2D eigenvalue weighted by Gasteiger charge is 2.19. The van der Waals surface area contributed by atoms with Crippen LogP contribution in [0.4, 0.5) is 0 Å². The molecule has 1 aromatic carbocycles. The van der Waals surface area contributed by atoms with Crippen molar-refractivity contribution < 1.29 is 4.79 Å². The normalized spacial score (nSPS) is 16.4. The van der Waals surface area contributed by atoms with Crippen LogP contribution in [0.3, 0.4) is 0 Å². The highest BCUT2D eigenvalue weighted by molar-refractivity contribution is 9.10. The SMILES string of the molecule is CCN1CCN(C(=O)CCc2cc(Br)ccc2C)CC1. The molecule has 3 nitrogen and oxygen atoms in total. The Morgan fingerprint density at radius 3 is 2.60 bits per heavy atom. The second-order valence-corrected chi connectivity index (χ2v) is 6.30. The fourth-order valence-electron chi connectivity index (χ4n) is 2.62. The minimum absolute atomic E-state index is 0.292. The van der Waals surface area contributed by atoms with Gasteiger partial charge in [0.1, 0.15) is 0 Å². The molecule has 1 aliphatic heterocycles. The van der Waals surface area contributed by atoms with Crippen LogP contribution in [-0.4, -0.2) is 48.4 Å². The van der Waals surface area contributed by atoms with Crippen molar-refractivity contribution in [1.29, 1.82) is 0 Å². The minimum Gasteiger partial charge on any atom is -0.340 e. The van der Waals surface area contributed by atoms with Gasteiger partial charge in [0, 0.05) is 37.1 Å². The third-order valence-electron chi connectivity index (χ3n) is 4.09. The van der Waals surface area contributed by atoms with Crippen LogP contribution in [0.25, 0.3) is 0 Å². The van der Waals surface area contributed by atoms with Crippen LogP contribution in [0.15, 0.2) is 22.7 Å². The first-order valence-electron chi connectivity index (χ1n) is 7.35. The molecule has 110 valence electrons. The lowest BCUT2D eigenvalue weighted by Crippen LogP contribution is -2.48. The smallest absolute Gasteiger partial charge is 0.222 e. The van der Waals surface area contributed by atoms with E-state index in [0.717, 1.165) is 43.6 Å². The largest absolute Gasteiger partial charge is 0.340 e. The Morgan fingerprint density at radius 1 is 1.25 bits per heavy atom. The summed E-state index contributed by atoms with van der Waals surface area (Å²) < 4.78 is 1.09. The zero-order valence-corrected chi connectivity index (χ0v) is 13.9. The number of rotatable bonds is 4. The van der Waals surface area contributed by atoms with E-state index in [1.807, 2.05) is 11.0 Å². The summed E-state index contributed by atoms with van der Waals surface area (Å²) in [6, 6.07) is 6.27. The maximum atomic E-state index is 12.3. The predicted molar refractivity (Wildman–Crippen MR) is 85.9 cm³/mol. The van der Waals surface area contributed by atoms with Gasteiger partial charge in [0.15, 0.2) is 0 Å². The molecule has 1 heterocycles. The van der Waals surface area contributed by atoms with Crippen molar-refractivity contribution in [3.05, 3.63) is 33.8 Å². The summed E-state index contributed by atoms with van der Waals surface area (Å²) in [7, 11) is 0. The van der Waals surface area contributed by atoms with Crippen LogP contribution in [0.1, 0.15) is 24.5 Å². The van der Waals surface area contributed by atoms with Gasteiger partial charge in [-0.05, 0) is 43.1 Å². The number of hydrogen-bond donors (Lipinski definition) is 0. The molecule has 1 amide bonds. The summed E-state index contributed by atoms with van der Waals surface area (Å²) >= 11 is 3.49. The number of aryl methyl sites for hydroxylation is 2. The topological polar surface area (TPSA) is 23.6 Å². The molecule has 0 spiro atoms. The zero-order valence-electron chi connectivity index (χ0n) is 12.4. The van der Waals surface area contributed by atoms with Crippen molar-refractivity contribution in [1.82, 2.24) is 9.80 Å². The van der Waals surface area contributed by atoms with Crippen LogP contribution in [0.2, 0.25) is 0 Å². The highest BCUT2D eigenvalue weighted by Crippen LogP contribution is 2.18. The van der Waals surface area contributed by atoms with E-state index in [1.165, 1.54) is 11.1 Å². The molecule has 1 saturated heterocycles. The lowest BCUT2D eigenvalue weighted by atomic mass is 10.0. The van der Waals surface area contributed by atoms with E-state index in [9.17, 15) is 4.79 Å². The minimum atomic E-state index is 0.292. The first-order chi connectivity index (χ1) is 9.60. The lowest BCUT2D eigenvalue weighted by molar-refractivity contribution is -0.132. The van der Waals surface area contributed by atoms with Gasteiger partial charge in [-0.25, -0.2) is 0 Å². The fraction of sp³-hybridized carbons (Fsp3) is 0.562. The number of carbonyl (C=O) groups is 1. The molecule has 0 aliphatic carbocycles. The third kappa shape index (κ3) is 4.06. The van der Waals surface area contributed by atoms with Gasteiger partial charge < -0.3 is 9.80 Å². The van der Waals surface area contributed by atoms with Crippen molar-refractivity contribution in [2.45, 2.75) is 26.7 Å². The standard InChI is InChI=1S/C16H23BrN2O/c1-3-18-8-10-19(11-9-18)16(20)7-5-14-12-15(17)6-4-13(14)2/h4,6,12H,3,5,7-11H2,1-2H3. The highest BCUT2D eigenvalue weighted by atomic mass is 79.9. The number of likely N-dealkylation sites (N-methyl/N-ethyl adjacent to an activating group) is 1. The summed E-state index contributed by atoms with van der Waals surface area (Å²) in [5.41, 5.74) is 2.52. The van der Waals surface area contributed by atoms with Gasteiger partial charge in [0.25, 0.3) is 0 Å². The first kappa shape index (κ1) is 15.5. The van der Waals surface area contributed by atoms with E-state index in [4.69, 9.17) is 0 Å². The van der Waals surface area contributed by atoms with Crippen molar-refractivity contribution in [2.24, 2.45) is 0 Å². The Morgan fingerprint density at radius 2 is 1.95 bits per heavy atom. The van der Waals surface area contributed by atoms with Gasteiger partial charge >= 0.3 is 0 Å². The molecule has 0 unspecified atom stereocenters. The van der Waals surface area contributed by atoms with Gasteiger partial charge in [0.2, 0.25) is 5.91 Å². The van der Waals surface area contributed by atoms with Crippen LogP contribution in [0.5, 0.6) is 0 Å². The van der Waals surface area contributed by atoms with Crippen molar-refractivity contribution in [3.8, 4) is 0 Å². The van der Waals surface area contributed by atoms with Crippen LogP contribution < -0.4 is 0 Å². The average molecular weight is 339 g/mol. The Balaban J connectivity index is 1.85. The number of nitrogens with zero attached hydrogens (tertiary/aromatic N) is 2. The Kier molecular flexibility index (Phi) is 5.61. The summed E-state index contributed by atoms with van der Waals surface area (Å²) in [5.74, 6) is 0.292. The number of halogens is 1. The molecular weight excluding hydrogens is 316 g/mol. The maximum absolute atomic E-state index is 12.3. The fourth-order valence-corrected chi connectivity index (χ4v) is 3.03. The summed E-state index contributed by atoms with van der Waals surface area (Å²) in [6.45, 7) is 9.14. The predicted octanol–water partition coefficient (Wildman–Crippen LogP) is 2.85. The molecule has 0 saturated carbocycles. The van der Waals surface area contributed by atoms with Crippen LogP contribution >= 0.6 is 15.9 Å². The Labute approximate surface area is 130 Å². The monoisotopic (exact) mass is 338 g/mol. The molecule has 0 bridgehead atoms. The zero-order chi connectivity index (χ0) is 14.5. The quantitative estimate of drug-likeness (QED) is 0.842. The van der Waals surface area contributed by atoms with Crippen LogP contribution in [-0.2, 0) is 11.2 Å². The molecule has 0 aromatic heterocycles. The first-order valence-corrected chi connectivity index (χ1v) is 8.14. The molecule has 1 aliphatic rings. The molecule has 4 heteroatoms. The average Bonchev–Trinajstić information content (AvgIpc) is 2.48. The number of piperazine rings is 1. The van der Waals surface area contributed by atoms with E-state index in [2.05, 4.69) is 46.8 Å². The third-order valence-corrected chi connectivity index (χ3v) is 4.58. The number of benzene rings is 1. The van der Waals surface area contributed by atoms with Crippen molar-refractivity contribution in [3.63, 3.8) is 0 Å². The van der Waals surface area contributed by atoms with Crippen LogP contribution in [0, 0.1) is 6.92 Å². The van der Waals surface area contributed by atoms with Crippen molar-refractivity contribution in [2.75, 3.05) is 32.7 Å². The van der Waals surface area contributed by atoms with Gasteiger partial charge in [-0.1, -0.05) is 28.9 Å². The second-order valence-electron chi connectivity index (χ2n) is 5.39. The molecular formula is C16H23BrN2O. The maximum Gasteiger partial charge on any atom is 0.222 e. The van der Waals surface area contributed by atoms with E-state index < -0.39 is 0 Å². The molecule has 1 fully saturated rings. The molecule has 0 radical (unpaired) electrons. The number of amides is 1.